The molecule has 2 N–H and O–H groups in total. The molecular weight excluding hydrogens is 310 g/mol. The summed E-state index contributed by atoms with van der Waals surface area (Å²) in [6.45, 7) is 4.23. The minimum atomic E-state index is -0.0884. The van der Waals surface area contributed by atoms with E-state index in [1.54, 1.807) is 11.8 Å². The number of nitrogens with zero attached hydrogens (tertiary/aromatic N) is 1. The maximum absolute atomic E-state index is 12.4. The third-order valence-corrected chi connectivity index (χ3v) is 5.38. The smallest absolute Gasteiger partial charge is 0.251 e. The average Bonchev–Trinajstić information content (AvgIpc) is 3.23. The Morgan fingerprint density at radius 1 is 1.43 bits per heavy atom. The van der Waals surface area contributed by atoms with Crippen LogP contribution in [-0.4, -0.2) is 54.0 Å². The molecule has 1 aromatic rings. The van der Waals surface area contributed by atoms with Crippen LogP contribution in [0.5, 0.6) is 0 Å². The first-order chi connectivity index (χ1) is 11.1. The van der Waals surface area contributed by atoms with Crippen LogP contribution in [0.4, 0.5) is 0 Å². The number of rotatable bonds is 4. The van der Waals surface area contributed by atoms with Gasteiger partial charge in [0, 0.05) is 31.0 Å². The first-order valence-electron chi connectivity index (χ1n) is 8.08. The Labute approximate surface area is 141 Å². The van der Waals surface area contributed by atoms with E-state index in [0.29, 0.717) is 18.0 Å². The standard InChI is InChI=1S/C17H23N3O2S/c1-12-3-2-4-14(7-12)16(21)19-10-13-8-15(18-9-13)17(22)20-5-6-23-11-20/h2-4,7,13,15,18H,5-6,8-11H2,1H3,(H,19,21)/t13?,15-/m0/s1. The predicted octanol–water partition coefficient (Wildman–Crippen LogP) is 1.24. The molecule has 2 aliphatic heterocycles. The molecule has 124 valence electrons. The van der Waals surface area contributed by atoms with Crippen molar-refractivity contribution in [1.29, 1.82) is 0 Å². The largest absolute Gasteiger partial charge is 0.352 e. The van der Waals surface area contributed by atoms with Gasteiger partial charge in [-0.15, -0.1) is 11.8 Å². The van der Waals surface area contributed by atoms with Crippen LogP contribution >= 0.6 is 11.8 Å². The summed E-state index contributed by atoms with van der Waals surface area (Å²) in [7, 11) is 0. The lowest BCUT2D eigenvalue weighted by Gasteiger charge is -2.19. The van der Waals surface area contributed by atoms with Gasteiger partial charge < -0.3 is 15.5 Å². The van der Waals surface area contributed by atoms with Gasteiger partial charge in [0.1, 0.15) is 0 Å². The lowest BCUT2D eigenvalue weighted by molar-refractivity contribution is -0.131. The number of nitrogens with one attached hydrogen (secondary N) is 2. The Morgan fingerprint density at radius 3 is 3.04 bits per heavy atom. The zero-order valence-electron chi connectivity index (χ0n) is 13.4. The molecule has 2 heterocycles. The molecule has 23 heavy (non-hydrogen) atoms. The molecule has 6 heteroatoms. The van der Waals surface area contributed by atoms with Crippen molar-refractivity contribution >= 4 is 23.6 Å². The number of hydrogen-bond donors (Lipinski definition) is 2. The molecule has 1 unspecified atom stereocenters. The maximum atomic E-state index is 12.4. The summed E-state index contributed by atoms with van der Waals surface area (Å²) in [5, 5.41) is 6.29. The summed E-state index contributed by atoms with van der Waals surface area (Å²) in [5.74, 6) is 2.33. The molecule has 2 saturated heterocycles. The van der Waals surface area contributed by atoms with Crippen LogP contribution in [0, 0.1) is 12.8 Å². The Balaban J connectivity index is 1.46. The summed E-state index contributed by atoms with van der Waals surface area (Å²) in [6.07, 6.45) is 0.800. The number of benzene rings is 1. The Hall–Kier alpha value is -1.53. The molecule has 2 atom stereocenters. The quantitative estimate of drug-likeness (QED) is 0.870. The Morgan fingerprint density at radius 2 is 2.30 bits per heavy atom. The second kappa shape index (κ2) is 7.36. The minimum absolute atomic E-state index is 0.0422. The van der Waals surface area contributed by atoms with E-state index in [4.69, 9.17) is 0 Å². The van der Waals surface area contributed by atoms with Gasteiger partial charge in [0.2, 0.25) is 5.91 Å². The minimum Gasteiger partial charge on any atom is -0.352 e. The van der Waals surface area contributed by atoms with Crippen molar-refractivity contribution in [3.05, 3.63) is 35.4 Å². The van der Waals surface area contributed by atoms with Crippen molar-refractivity contribution in [1.82, 2.24) is 15.5 Å². The van der Waals surface area contributed by atoms with Crippen LogP contribution in [0.25, 0.3) is 0 Å². The fourth-order valence-corrected chi connectivity index (χ4v) is 4.04. The number of hydrogen-bond acceptors (Lipinski definition) is 4. The summed E-state index contributed by atoms with van der Waals surface area (Å²) >= 11 is 1.80. The van der Waals surface area contributed by atoms with Gasteiger partial charge in [-0.1, -0.05) is 17.7 Å². The normalized spacial score (nSPS) is 24.0. The lowest BCUT2D eigenvalue weighted by Crippen LogP contribution is -2.42. The highest BCUT2D eigenvalue weighted by molar-refractivity contribution is 7.99. The van der Waals surface area contributed by atoms with E-state index in [1.807, 2.05) is 36.1 Å². The second-order valence-corrected chi connectivity index (χ2v) is 7.36. The molecule has 0 spiro atoms. The summed E-state index contributed by atoms with van der Waals surface area (Å²) < 4.78 is 0. The molecule has 0 radical (unpaired) electrons. The first-order valence-corrected chi connectivity index (χ1v) is 9.24. The van der Waals surface area contributed by atoms with Gasteiger partial charge in [-0.25, -0.2) is 0 Å². The van der Waals surface area contributed by atoms with Gasteiger partial charge in [0.15, 0.2) is 0 Å². The van der Waals surface area contributed by atoms with Crippen LogP contribution < -0.4 is 10.6 Å². The third kappa shape index (κ3) is 4.06. The van der Waals surface area contributed by atoms with Crippen LogP contribution in [0.2, 0.25) is 0 Å². The van der Waals surface area contributed by atoms with Crippen LogP contribution in [-0.2, 0) is 4.79 Å². The van der Waals surface area contributed by atoms with E-state index >= 15 is 0 Å². The summed E-state index contributed by atoms with van der Waals surface area (Å²) in [5.41, 5.74) is 1.77. The van der Waals surface area contributed by atoms with Crippen molar-refractivity contribution in [3.63, 3.8) is 0 Å². The molecule has 2 fully saturated rings. The molecule has 2 amide bonds. The number of amides is 2. The number of thioether (sulfide) groups is 1. The van der Waals surface area contributed by atoms with Crippen LogP contribution in [0.1, 0.15) is 22.3 Å². The van der Waals surface area contributed by atoms with E-state index < -0.39 is 0 Å². The van der Waals surface area contributed by atoms with E-state index in [2.05, 4.69) is 10.6 Å². The summed E-state index contributed by atoms with van der Waals surface area (Å²) in [4.78, 5) is 26.4. The van der Waals surface area contributed by atoms with E-state index in [0.717, 1.165) is 36.7 Å². The molecule has 0 aliphatic carbocycles. The third-order valence-electron chi connectivity index (χ3n) is 4.42. The zero-order valence-corrected chi connectivity index (χ0v) is 14.2. The molecule has 3 rings (SSSR count). The van der Waals surface area contributed by atoms with Gasteiger partial charge in [-0.2, -0.15) is 0 Å². The van der Waals surface area contributed by atoms with Crippen LogP contribution in [0.15, 0.2) is 24.3 Å². The van der Waals surface area contributed by atoms with Crippen molar-refractivity contribution in [2.75, 3.05) is 31.3 Å². The maximum Gasteiger partial charge on any atom is 0.251 e. The van der Waals surface area contributed by atoms with Gasteiger partial charge in [0.25, 0.3) is 5.91 Å². The highest BCUT2D eigenvalue weighted by Crippen LogP contribution is 2.20. The van der Waals surface area contributed by atoms with E-state index in [1.165, 1.54) is 0 Å². The molecule has 2 aliphatic rings. The number of carbonyl (C=O) groups is 2. The van der Waals surface area contributed by atoms with Crippen molar-refractivity contribution in [3.8, 4) is 0 Å². The molecule has 0 aromatic heterocycles. The number of aryl methyl sites for hydroxylation is 1. The van der Waals surface area contributed by atoms with Crippen molar-refractivity contribution in [2.45, 2.75) is 19.4 Å². The lowest BCUT2D eigenvalue weighted by atomic mass is 10.0. The van der Waals surface area contributed by atoms with Gasteiger partial charge in [-0.3, -0.25) is 9.59 Å². The van der Waals surface area contributed by atoms with Gasteiger partial charge >= 0.3 is 0 Å². The fraction of sp³-hybridized carbons (Fsp3) is 0.529. The first kappa shape index (κ1) is 16.3. The number of carbonyl (C=O) groups excluding carboxylic acids is 2. The molecule has 0 saturated carbocycles. The second-order valence-electron chi connectivity index (χ2n) is 6.28. The van der Waals surface area contributed by atoms with Crippen molar-refractivity contribution < 1.29 is 9.59 Å². The Kier molecular flexibility index (Phi) is 5.23. The highest BCUT2D eigenvalue weighted by Gasteiger charge is 2.33. The molecule has 0 bridgehead atoms. The monoisotopic (exact) mass is 333 g/mol. The summed E-state index contributed by atoms with van der Waals surface area (Å²) in [6, 6.07) is 7.50. The zero-order chi connectivity index (χ0) is 16.2. The Bertz CT molecular complexity index is 587. The van der Waals surface area contributed by atoms with Gasteiger partial charge in [-0.05, 0) is 31.4 Å². The van der Waals surface area contributed by atoms with E-state index in [-0.39, 0.29) is 17.9 Å². The average molecular weight is 333 g/mol. The fourth-order valence-electron chi connectivity index (χ4n) is 3.09. The van der Waals surface area contributed by atoms with Crippen molar-refractivity contribution in [2.24, 2.45) is 5.92 Å². The van der Waals surface area contributed by atoms with E-state index in [9.17, 15) is 9.59 Å². The topological polar surface area (TPSA) is 61.4 Å². The predicted molar refractivity (Wildman–Crippen MR) is 92.4 cm³/mol. The highest BCUT2D eigenvalue weighted by atomic mass is 32.2. The molecule has 1 aromatic carbocycles. The van der Waals surface area contributed by atoms with Crippen LogP contribution in [0.3, 0.4) is 0 Å². The molecule has 5 nitrogen and oxygen atoms in total. The van der Waals surface area contributed by atoms with Gasteiger partial charge in [0.05, 0.1) is 11.9 Å². The molecular formula is C17H23N3O2S. The SMILES string of the molecule is Cc1cccc(C(=O)NCC2CN[C@H](C(=O)N3CCSC3)C2)c1.